The highest BCUT2D eigenvalue weighted by molar-refractivity contribution is 7.09. The molecule has 1 aliphatic rings. The fourth-order valence-corrected chi connectivity index (χ4v) is 3.92. The number of piperazine rings is 1. The molecule has 0 unspecified atom stereocenters. The van der Waals surface area contributed by atoms with Crippen LogP contribution in [0.25, 0.3) is 0 Å². The quantitative estimate of drug-likeness (QED) is 0.626. The minimum Gasteiger partial charge on any atom is -0.368 e. The Labute approximate surface area is 160 Å². The zero-order valence-electron chi connectivity index (χ0n) is 15.8. The Hall–Kier alpha value is -2.08. The lowest BCUT2D eigenvalue weighted by Gasteiger charge is -2.37. The Balaban J connectivity index is 1.54. The van der Waals surface area contributed by atoms with Crippen molar-refractivity contribution in [3.05, 3.63) is 46.4 Å². The first kappa shape index (κ1) is 18.7. The summed E-state index contributed by atoms with van der Waals surface area (Å²) in [5.41, 5.74) is 2.48. The number of hydrogen-bond donors (Lipinski definition) is 1. The van der Waals surface area contributed by atoms with E-state index in [2.05, 4.69) is 69.7 Å². The molecule has 2 aromatic rings. The lowest BCUT2D eigenvalue weighted by atomic mass is 10.2. The van der Waals surface area contributed by atoms with Gasteiger partial charge in [0.15, 0.2) is 5.96 Å². The normalized spacial score (nSPS) is 15.4. The Morgan fingerprint density at radius 2 is 1.92 bits per heavy atom. The maximum atomic E-state index is 4.84. The average Bonchev–Trinajstić information content (AvgIpc) is 3.16. The Bertz CT molecular complexity index is 689. The van der Waals surface area contributed by atoms with Crippen molar-refractivity contribution in [3.63, 3.8) is 0 Å². The van der Waals surface area contributed by atoms with Gasteiger partial charge in [0.2, 0.25) is 0 Å². The lowest BCUT2D eigenvalue weighted by molar-refractivity contribution is 0.372. The molecule has 0 saturated carbocycles. The molecule has 6 heteroatoms. The van der Waals surface area contributed by atoms with E-state index in [1.807, 2.05) is 0 Å². The molecule has 0 atom stereocenters. The number of thiazole rings is 1. The van der Waals surface area contributed by atoms with E-state index in [0.29, 0.717) is 0 Å². The molecule has 0 amide bonds. The van der Waals surface area contributed by atoms with Gasteiger partial charge in [-0.2, -0.15) is 0 Å². The first-order valence-electron chi connectivity index (χ1n) is 9.56. The number of aromatic nitrogens is 1. The second kappa shape index (κ2) is 9.57. The SMILES string of the molecule is CCNC(=NCCc1csc(CC)n1)N1CCN(c2ccccc2)CC1. The first-order chi connectivity index (χ1) is 12.8. The van der Waals surface area contributed by atoms with Crippen molar-refractivity contribution in [2.24, 2.45) is 4.99 Å². The number of aryl methyl sites for hydroxylation is 1. The van der Waals surface area contributed by atoms with Gasteiger partial charge in [-0.25, -0.2) is 4.98 Å². The second-order valence-corrected chi connectivity index (χ2v) is 7.32. The van der Waals surface area contributed by atoms with Crippen LogP contribution in [0.1, 0.15) is 24.5 Å². The van der Waals surface area contributed by atoms with E-state index in [1.54, 1.807) is 11.3 Å². The molecule has 2 heterocycles. The molecule has 0 spiro atoms. The van der Waals surface area contributed by atoms with E-state index in [9.17, 15) is 0 Å². The Morgan fingerprint density at radius 3 is 2.58 bits per heavy atom. The van der Waals surface area contributed by atoms with Gasteiger partial charge in [-0.3, -0.25) is 4.99 Å². The summed E-state index contributed by atoms with van der Waals surface area (Å²) in [6, 6.07) is 10.7. The summed E-state index contributed by atoms with van der Waals surface area (Å²) in [6.07, 6.45) is 1.93. The summed E-state index contributed by atoms with van der Waals surface area (Å²) in [7, 11) is 0. The largest absolute Gasteiger partial charge is 0.368 e. The molecule has 5 nitrogen and oxygen atoms in total. The molecule has 1 aromatic heterocycles. The van der Waals surface area contributed by atoms with Gasteiger partial charge >= 0.3 is 0 Å². The summed E-state index contributed by atoms with van der Waals surface area (Å²) < 4.78 is 0. The number of nitrogens with one attached hydrogen (secondary N) is 1. The number of benzene rings is 1. The van der Waals surface area contributed by atoms with E-state index < -0.39 is 0 Å². The van der Waals surface area contributed by atoms with Gasteiger partial charge in [-0.15, -0.1) is 11.3 Å². The van der Waals surface area contributed by atoms with Crippen LogP contribution in [-0.2, 0) is 12.8 Å². The van der Waals surface area contributed by atoms with Gasteiger partial charge < -0.3 is 15.1 Å². The number of rotatable bonds is 6. The smallest absolute Gasteiger partial charge is 0.194 e. The molecule has 140 valence electrons. The third-order valence-electron chi connectivity index (χ3n) is 4.57. The molecule has 0 radical (unpaired) electrons. The number of hydrogen-bond acceptors (Lipinski definition) is 4. The first-order valence-corrected chi connectivity index (χ1v) is 10.4. The monoisotopic (exact) mass is 371 g/mol. The highest BCUT2D eigenvalue weighted by Gasteiger charge is 2.19. The highest BCUT2D eigenvalue weighted by atomic mass is 32.1. The number of anilines is 1. The van der Waals surface area contributed by atoms with Crippen molar-refractivity contribution in [1.82, 2.24) is 15.2 Å². The zero-order chi connectivity index (χ0) is 18.2. The summed E-state index contributed by atoms with van der Waals surface area (Å²) >= 11 is 1.75. The van der Waals surface area contributed by atoms with Gasteiger partial charge in [-0.05, 0) is 25.5 Å². The summed E-state index contributed by atoms with van der Waals surface area (Å²) in [4.78, 5) is 14.3. The van der Waals surface area contributed by atoms with Gasteiger partial charge in [0, 0.05) is 56.8 Å². The maximum Gasteiger partial charge on any atom is 0.194 e. The van der Waals surface area contributed by atoms with E-state index >= 15 is 0 Å². The number of nitrogens with zero attached hydrogens (tertiary/aromatic N) is 4. The van der Waals surface area contributed by atoms with Crippen molar-refractivity contribution in [3.8, 4) is 0 Å². The van der Waals surface area contributed by atoms with Crippen LogP contribution >= 0.6 is 11.3 Å². The molecule has 1 fully saturated rings. The van der Waals surface area contributed by atoms with Crippen LogP contribution in [0.3, 0.4) is 0 Å². The third-order valence-corrected chi connectivity index (χ3v) is 5.61. The third kappa shape index (κ3) is 4.97. The topological polar surface area (TPSA) is 43.8 Å². The fourth-order valence-electron chi connectivity index (χ4n) is 3.14. The molecule has 1 aromatic carbocycles. The van der Waals surface area contributed by atoms with E-state index in [4.69, 9.17) is 4.99 Å². The van der Waals surface area contributed by atoms with E-state index in [1.165, 1.54) is 16.4 Å². The van der Waals surface area contributed by atoms with Crippen molar-refractivity contribution < 1.29 is 0 Å². The molecule has 1 saturated heterocycles. The van der Waals surface area contributed by atoms with Crippen LogP contribution in [-0.4, -0.2) is 55.1 Å². The van der Waals surface area contributed by atoms with Gasteiger partial charge in [0.25, 0.3) is 0 Å². The predicted octanol–water partition coefficient (Wildman–Crippen LogP) is 3.04. The minimum atomic E-state index is 0.786. The lowest BCUT2D eigenvalue weighted by Crippen LogP contribution is -2.52. The molecular weight excluding hydrogens is 342 g/mol. The van der Waals surface area contributed by atoms with Crippen LogP contribution in [0.5, 0.6) is 0 Å². The van der Waals surface area contributed by atoms with Gasteiger partial charge in [0.1, 0.15) is 0 Å². The second-order valence-electron chi connectivity index (χ2n) is 6.38. The summed E-state index contributed by atoms with van der Waals surface area (Å²) in [6.45, 7) is 10.0. The van der Waals surface area contributed by atoms with Crippen LogP contribution < -0.4 is 10.2 Å². The molecule has 1 N–H and O–H groups in total. The minimum absolute atomic E-state index is 0.786. The van der Waals surface area contributed by atoms with E-state index in [-0.39, 0.29) is 0 Å². The average molecular weight is 372 g/mol. The molecule has 3 rings (SSSR count). The Morgan fingerprint density at radius 1 is 1.15 bits per heavy atom. The van der Waals surface area contributed by atoms with Crippen LogP contribution in [0.15, 0.2) is 40.7 Å². The number of guanidine groups is 1. The molecule has 0 bridgehead atoms. The number of para-hydroxylation sites is 1. The van der Waals surface area contributed by atoms with Crippen molar-refractivity contribution in [2.75, 3.05) is 44.2 Å². The fraction of sp³-hybridized carbons (Fsp3) is 0.500. The summed E-state index contributed by atoms with van der Waals surface area (Å²) in [5, 5.41) is 6.83. The summed E-state index contributed by atoms with van der Waals surface area (Å²) in [5.74, 6) is 1.03. The molecular formula is C20H29N5S. The number of aliphatic imine (C=N–C) groups is 1. The molecule has 26 heavy (non-hydrogen) atoms. The zero-order valence-corrected chi connectivity index (χ0v) is 16.6. The predicted molar refractivity (Wildman–Crippen MR) is 111 cm³/mol. The maximum absolute atomic E-state index is 4.84. The van der Waals surface area contributed by atoms with Crippen LogP contribution in [0, 0.1) is 0 Å². The van der Waals surface area contributed by atoms with Crippen LogP contribution in [0.4, 0.5) is 5.69 Å². The molecule has 1 aliphatic heterocycles. The van der Waals surface area contributed by atoms with Gasteiger partial charge in [0.05, 0.1) is 10.7 Å². The van der Waals surface area contributed by atoms with Crippen molar-refractivity contribution in [1.29, 1.82) is 0 Å². The highest BCUT2D eigenvalue weighted by Crippen LogP contribution is 2.15. The van der Waals surface area contributed by atoms with Gasteiger partial charge in [-0.1, -0.05) is 25.1 Å². The van der Waals surface area contributed by atoms with Crippen molar-refractivity contribution >= 4 is 23.0 Å². The Kier molecular flexibility index (Phi) is 6.89. The molecule has 0 aliphatic carbocycles. The van der Waals surface area contributed by atoms with E-state index in [0.717, 1.165) is 58.1 Å². The standard InChI is InChI=1S/C20H29N5S/c1-3-19-23-17(16-26-19)10-11-22-20(21-4-2)25-14-12-24(13-15-25)18-8-6-5-7-9-18/h5-9,16H,3-4,10-15H2,1-2H3,(H,21,22). The van der Waals surface area contributed by atoms with Crippen molar-refractivity contribution in [2.45, 2.75) is 26.7 Å². The van der Waals surface area contributed by atoms with Crippen LogP contribution in [0.2, 0.25) is 0 Å².